The van der Waals surface area contributed by atoms with E-state index in [-0.39, 0.29) is 28.5 Å². The van der Waals surface area contributed by atoms with Gasteiger partial charge in [-0.05, 0) is 35.2 Å². The number of fused-ring (bicyclic) bond motifs is 2. The number of H-pyrrole nitrogens is 1. The van der Waals surface area contributed by atoms with Crippen LogP contribution in [0.2, 0.25) is 0 Å². The molecule has 0 bridgehead atoms. The lowest BCUT2D eigenvalue weighted by atomic mass is 9.85. The van der Waals surface area contributed by atoms with Gasteiger partial charge in [0.15, 0.2) is 9.84 Å². The molecule has 3 heterocycles. The maximum Gasteiger partial charge on any atom is 0.270 e. The monoisotopic (exact) mass is 416 g/mol. The van der Waals surface area contributed by atoms with Crippen molar-refractivity contribution in [1.29, 1.82) is 0 Å². The summed E-state index contributed by atoms with van der Waals surface area (Å²) < 4.78 is 24.6. The Hall–Kier alpha value is -2.81. The number of hydrogen-bond acceptors (Lipinski definition) is 5. The molecular formula is C20H24N4O4S. The lowest BCUT2D eigenvalue weighted by Crippen LogP contribution is -2.43. The molecule has 3 N–H and O–H groups in total. The number of hydrogen-bond donors (Lipinski definition) is 3. The van der Waals surface area contributed by atoms with Gasteiger partial charge in [0.1, 0.15) is 11.7 Å². The van der Waals surface area contributed by atoms with E-state index in [1.165, 1.54) is 6.07 Å². The van der Waals surface area contributed by atoms with E-state index in [1.807, 2.05) is 19.9 Å². The lowest BCUT2D eigenvalue weighted by molar-refractivity contribution is -0.117. The number of aromatic nitrogens is 1. The first kappa shape index (κ1) is 19.5. The molecule has 2 aromatic rings. The van der Waals surface area contributed by atoms with Crippen molar-refractivity contribution in [2.24, 2.45) is 5.92 Å². The third-order valence-electron chi connectivity index (χ3n) is 5.62. The highest BCUT2D eigenvalue weighted by molar-refractivity contribution is 7.90. The summed E-state index contributed by atoms with van der Waals surface area (Å²) in [6.07, 6.45) is 2.86. The van der Waals surface area contributed by atoms with Gasteiger partial charge in [0, 0.05) is 32.0 Å². The second kappa shape index (κ2) is 6.62. The van der Waals surface area contributed by atoms with Crippen LogP contribution in [0.4, 0.5) is 11.4 Å². The lowest BCUT2D eigenvalue weighted by Gasteiger charge is -2.35. The van der Waals surface area contributed by atoms with Crippen molar-refractivity contribution in [3.8, 4) is 0 Å². The molecule has 8 nitrogen and oxygen atoms in total. The van der Waals surface area contributed by atoms with Gasteiger partial charge in [0.2, 0.25) is 5.91 Å². The second-order valence-electron chi connectivity index (χ2n) is 8.11. The van der Waals surface area contributed by atoms with Gasteiger partial charge in [-0.25, -0.2) is 8.42 Å². The smallest absolute Gasteiger partial charge is 0.270 e. The maximum absolute atomic E-state index is 12.5. The topological polar surface area (TPSA) is 111 Å². The number of carbonyl (C=O) groups excluding carboxylic acids is 2. The molecule has 1 aromatic heterocycles. The Morgan fingerprint density at radius 3 is 2.55 bits per heavy atom. The minimum atomic E-state index is -3.50. The number of anilines is 2. The number of nitrogens with zero attached hydrogens (tertiary/aromatic N) is 1. The molecule has 2 amide bonds. The van der Waals surface area contributed by atoms with Crippen LogP contribution < -0.4 is 10.6 Å². The third-order valence-corrected chi connectivity index (χ3v) is 6.72. The molecule has 0 radical (unpaired) electrons. The van der Waals surface area contributed by atoms with Gasteiger partial charge in [-0.3, -0.25) is 9.59 Å². The molecule has 2 aliphatic rings. The number of rotatable bonds is 3. The van der Waals surface area contributed by atoms with Crippen LogP contribution in [-0.2, 0) is 14.6 Å². The Labute approximate surface area is 169 Å². The van der Waals surface area contributed by atoms with Crippen LogP contribution in [0.3, 0.4) is 0 Å². The largest absolute Gasteiger partial charge is 0.372 e. The van der Waals surface area contributed by atoms with Gasteiger partial charge in [-0.1, -0.05) is 13.8 Å². The number of nitrogens with one attached hydrogen (secondary N) is 3. The summed E-state index contributed by atoms with van der Waals surface area (Å²) in [5, 5.41) is 6.19. The van der Waals surface area contributed by atoms with Crippen LogP contribution in [0, 0.1) is 5.92 Å². The van der Waals surface area contributed by atoms with Gasteiger partial charge in [0.05, 0.1) is 16.3 Å². The van der Waals surface area contributed by atoms with Crippen molar-refractivity contribution < 1.29 is 18.0 Å². The highest BCUT2D eigenvalue weighted by atomic mass is 32.2. The molecule has 2 atom stereocenters. The fourth-order valence-corrected chi connectivity index (χ4v) is 4.73. The molecule has 154 valence electrons. The summed E-state index contributed by atoms with van der Waals surface area (Å²) in [6, 6.07) is 4.57. The average Bonchev–Trinajstić information content (AvgIpc) is 3.12. The molecular weight excluding hydrogens is 392 g/mol. The summed E-state index contributed by atoms with van der Waals surface area (Å²) in [5.74, 6) is -0.480. The Morgan fingerprint density at radius 2 is 1.90 bits per heavy atom. The first-order valence-electron chi connectivity index (χ1n) is 9.46. The van der Waals surface area contributed by atoms with Crippen molar-refractivity contribution in [1.82, 2.24) is 9.88 Å². The second-order valence-corrected chi connectivity index (χ2v) is 10.1. The SMILES string of the molecule is CC(C)[C@@H]1Nc2c(cc(S(C)(=O)=O)cc2C2CN(C)C(=O)c3[nH]ccc32)NC1=O. The minimum Gasteiger partial charge on any atom is -0.372 e. The Balaban J connectivity index is 1.94. The predicted molar refractivity (Wildman–Crippen MR) is 110 cm³/mol. The maximum atomic E-state index is 12.5. The van der Waals surface area contributed by atoms with E-state index >= 15 is 0 Å². The molecule has 2 aliphatic heterocycles. The number of benzene rings is 1. The Bertz CT molecular complexity index is 1120. The quantitative estimate of drug-likeness (QED) is 0.709. The fourth-order valence-electron chi connectivity index (χ4n) is 4.06. The number of sulfone groups is 1. The molecule has 0 spiro atoms. The summed E-state index contributed by atoms with van der Waals surface area (Å²) >= 11 is 0. The van der Waals surface area contributed by atoms with E-state index < -0.39 is 15.9 Å². The van der Waals surface area contributed by atoms with Gasteiger partial charge >= 0.3 is 0 Å². The zero-order valence-electron chi connectivity index (χ0n) is 16.7. The molecule has 1 aromatic carbocycles. The van der Waals surface area contributed by atoms with E-state index in [1.54, 1.807) is 24.2 Å². The van der Waals surface area contributed by atoms with E-state index in [2.05, 4.69) is 15.6 Å². The van der Waals surface area contributed by atoms with Crippen molar-refractivity contribution in [3.63, 3.8) is 0 Å². The fraction of sp³-hybridized carbons (Fsp3) is 0.400. The van der Waals surface area contributed by atoms with Crippen LogP contribution in [0.15, 0.2) is 29.3 Å². The van der Waals surface area contributed by atoms with Crippen LogP contribution in [-0.4, -0.2) is 56.0 Å². The molecule has 9 heteroatoms. The molecule has 29 heavy (non-hydrogen) atoms. The summed E-state index contributed by atoms with van der Waals surface area (Å²) in [7, 11) is -1.78. The van der Waals surface area contributed by atoms with E-state index in [0.29, 0.717) is 23.6 Å². The van der Waals surface area contributed by atoms with Crippen LogP contribution in [0.25, 0.3) is 0 Å². The third kappa shape index (κ3) is 3.19. The van der Waals surface area contributed by atoms with E-state index in [4.69, 9.17) is 0 Å². The summed E-state index contributed by atoms with van der Waals surface area (Å²) in [5.41, 5.74) is 3.22. The van der Waals surface area contributed by atoms with E-state index in [9.17, 15) is 18.0 Å². The zero-order valence-corrected chi connectivity index (χ0v) is 17.6. The van der Waals surface area contributed by atoms with Gasteiger partial charge in [-0.15, -0.1) is 0 Å². The van der Waals surface area contributed by atoms with Crippen LogP contribution in [0.1, 0.15) is 41.4 Å². The molecule has 0 saturated heterocycles. The standard InChI is InChI=1S/C20H24N4O4S/c1-10(2)16-19(25)22-15-8-11(29(4,27)28)7-13(17(15)23-16)14-9-24(3)20(26)18-12(14)5-6-21-18/h5-8,10,14,16,21,23H,9H2,1-4H3,(H,22,25)/t14?,16-/m0/s1. The van der Waals surface area contributed by atoms with Crippen LogP contribution in [0.5, 0.6) is 0 Å². The van der Waals surface area contributed by atoms with Crippen LogP contribution >= 0.6 is 0 Å². The summed E-state index contributed by atoms with van der Waals surface area (Å²) in [6.45, 7) is 4.31. The highest BCUT2D eigenvalue weighted by Gasteiger charge is 2.37. The minimum absolute atomic E-state index is 0.0454. The van der Waals surface area contributed by atoms with E-state index in [0.717, 1.165) is 17.4 Å². The normalized spacial score (nSPS) is 21.5. The number of carbonyl (C=O) groups is 2. The first-order chi connectivity index (χ1) is 13.6. The summed E-state index contributed by atoms with van der Waals surface area (Å²) in [4.78, 5) is 29.7. The molecule has 0 saturated carbocycles. The average molecular weight is 417 g/mol. The van der Waals surface area contributed by atoms with Crippen molar-refractivity contribution in [3.05, 3.63) is 41.2 Å². The number of aromatic amines is 1. The molecule has 0 aliphatic carbocycles. The van der Waals surface area contributed by atoms with Crippen molar-refractivity contribution >= 4 is 33.0 Å². The molecule has 4 rings (SSSR count). The van der Waals surface area contributed by atoms with Gasteiger partial charge < -0.3 is 20.5 Å². The number of likely N-dealkylation sites (N-methyl/N-ethyl adjacent to an activating group) is 1. The van der Waals surface area contributed by atoms with Crippen molar-refractivity contribution in [2.45, 2.75) is 30.7 Å². The molecule has 1 unspecified atom stereocenters. The molecule has 0 fully saturated rings. The van der Waals surface area contributed by atoms with Gasteiger partial charge in [0.25, 0.3) is 5.91 Å². The predicted octanol–water partition coefficient (Wildman–Crippen LogP) is 2.02. The zero-order chi connectivity index (χ0) is 21.1. The Morgan fingerprint density at radius 1 is 1.17 bits per heavy atom. The van der Waals surface area contributed by atoms with Crippen molar-refractivity contribution in [2.75, 3.05) is 30.5 Å². The highest BCUT2D eigenvalue weighted by Crippen LogP contribution is 2.43. The Kier molecular flexibility index (Phi) is 4.45. The number of amides is 2. The first-order valence-corrected chi connectivity index (χ1v) is 11.3. The van der Waals surface area contributed by atoms with Gasteiger partial charge in [-0.2, -0.15) is 0 Å².